The van der Waals surface area contributed by atoms with E-state index in [9.17, 15) is 4.79 Å². The molecule has 1 N–H and O–H groups in total. The summed E-state index contributed by atoms with van der Waals surface area (Å²) in [7, 11) is 0. The summed E-state index contributed by atoms with van der Waals surface area (Å²) in [5.74, 6) is 0.000648. The number of hydrogen-bond acceptors (Lipinski definition) is 2. The van der Waals surface area contributed by atoms with Gasteiger partial charge in [-0.05, 0) is 15.9 Å². The lowest BCUT2D eigenvalue weighted by Crippen LogP contribution is -2.16. The van der Waals surface area contributed by atoms with Crippen LogP contribution in [0, 0.1) is 0 Å². The minimum atomic E-state index is -1.69. The third-order valence-corrected chi connectivity index (χ3v) is 2.13. The minimum Gasteiger partial charge on any atom is -0.306 e. The predicted octanol–water partition coefficient (Wildman–Crippen LogP) is 2.36. The van der Waals surface area contributed by atoms with Crippen molar-refractivity contribution in [2.45, 2.75) is 3.79 Å². The molecule has 0 saturated carbocycles. The SMILES string of the molecule is O=c1[nH]c(C(Cl)(Cl)Cl)ncc1Br. The molecule has 0 atom stereocenters. The first-order valence-electron chi connectivity index (χ1n) is 2.73. The molecule has 0 saturated heterocycles. The topological polar surface area (TPSA) is 45.8 Å². The van der Waals surface area contributed by atoms with Crippen LogP contribution in [-0.2, 0) is 3.79 Å². The van der Waals surface area contributed by atoms with Crippen LogP contribution in [0.4, 0.5) is 0 Å². The molecule has 0 aliphatic heterocycles. The highest BCUT2D eigenvalue weighted by Gasteiger charge is 2.25. The zero-order valence-electron chi connectivity index (χ0n) is 5.44. The number of nitrogens with zero attached hydrogens (tertiary/aromatic N) is 1. The molecule has 1 aromatic rings. The van der Waals surface area contributed by atoms with Crippen molar-refractivity contribution in [3.8, 4) is 0 Å². The van der Waals surface area contributed by atoms with Crippen LogP contribution in [0.25, 0.3) is 0 Å². The van der Waals surface area contributed by atoms with E-state index in [1.165, 1.54) is 6.20 Å². The van der Waals surface area contributed by atoms with Gasteiger partial charge in [0.1, 0.15) is 4.47 Å². The number of H-pyrrole nitrogens is 1. The van der Waals surface area contributed by atoms with Gasteiger partial charge in [0.2, 0.25) is 3.79 Å². The molecule has 66 valence electrons. The van der Waals surface area contributed by atoms with Crippen LogP contribution >= 0.6 is 50.7 Å². The first kappa shape index (κ1) is 10.3. The van der Waals surface area contributed by atoms with Crippen molar-refractivity contribution in [3.63, 3.8) is 0 Å². The first-order valence-corrected chi connectivity index (χ1v) is 4.66. The van der Waals surface area contributed by atoms with Gasteiger partial charge in [0, 0.05) is 6.20 Å². The maximum atomic E-state index is 11.0. The Balaban J connectivity index is 3.23. The number of nitrogens with one attached hydrogen (secondary N) is 1. The van der Waals surface area contributed by atoms with Gasteiger partial charge in [-0.25, -0.2) is 4.98 Å². The Morgan fingerprint density at radius 2 is 2.08 bits per heavy atom. The monoisotopic (exact) mass is 290 g/mol. The lowest BCUT2D eigenvalue weighted by atomic mass is 10.6. The van der Waals surface area contributed by atoms with Gasteiger partial charge in [0.25, 0.3) is 5.56 Å². The van der Waals surface area contributed by atoms with Gasteiger partial charge in [-0.2, -0.15) is 0 Å². The van der Waals surface area contributed by atoms with Crippen LogP contribution in [0.15, 0.2) is 15.5 Å². The first-order chi connectivity index (χ1) is 5.41. The predicted molar refractivity (Wildman–Crippen MR) is 51.8 cm³/mol. The molecule has 12 heavy (non-hydrogen) atoms. The van der Waals surface area contributed by atoms with E-state index < -0.39 is 3.79 Å². The van der Waals surface area contributed by atoms with Crippen LogP contribution < -0.4 is 5.56 Å². The third kappa shape index (κ3) is 2.36. The van der Waals surface area contributed by atoms with Crippen LogP contribution in [0.3, 0.4) is 0 Å². The Morgan fingerprint density at radius 1 is 1.50 bits per heavy atom. The van der Waals surface area contributed by atoms with Gasteiger partial charge in [-0.15, -0.1) is 0 Å². The van der Waals surface area contributed by atoms with E-state index >= 15 is 0 Å². The number of alkyl halides is 3. The Morgan fingerprint density at radius 3 is 2.50 bits per heavy atom. The summed E-state index contributed by atoms with van der Waals surface area (Å²) >= 11 is 19.4. The van der Waals surface area contributed by atoms with E-state index in [1.54, 1.807) is 0 Å². The van der Waals surface area contributed by atoms with Crippen LogP contribution in [0.5, 0.6) is 0 Å². The molecule has 1 heterocycles. The highest BCUT2D eigenvalue weighted by Crippen LogP contribution is 2.34. The second-order valence-electron chi connectivity index (χ2n) is 1.91. The van der Waals surface area contributed by atoms with Crippen LogP contribution in [0.1, 0.15) is 5.82 Å². The molecule has 0 amide bonds. The maximum absolute atomic E-state index is 11.0. The van der Waals surface area contributed by atoms with Crippen molar-refractivity contribution in [1.29, 1.82) is 0 Å². The smallest absolute Gasteiger partial charge is 0.265 e. The van der Waals surface area contributed by atoms with Crippen LogP contribution in [-0.4, -0.2) is 9.97 Å². The Hall–Kier alpha value is 0.230. The van der Waals surface area contributed by atoms with Gasteiger partial charge < -0.3 is 4.98 Å². The molecule has 0 aromatic carbocycles. The molecule has 0 aliphatic carbocycles. The highest BCUT2D eigenvalue weighted by atomic mass is 79.9. The normalized spacial score (nSPS) is 11.7. The maximum Gasteiger partial charge on any atom is 0.265 e. The summed E-state index contributed by atoms with van der Waals surface area (Å²) in [5.41, 5.74) is -0.383. The Labute approximate surface area is 91.2 Å². The van der Waals surface area contributed by atoms with Gasteiger partial charge in [-0.1, -0.05) is 34.8 Å². The molecule has 0 unspecified atom stereocenters. The molecule has 0 aliphatic rings. The van der Waals surface area contributed by atoms with Crippen molar-refractivity contribution in [2.24, 2.45) is 0 Å². The number of aromatic nitrogens is 2. The van der Waals surface area contributed by atoms with Crippen molar-refractivity contribution in [3.05, 3.63) is 26.8 Å². The number of hydrogen-bond donors (Lipinski definition) is 1. The highest BCUT2D eigenvalue weighted by molar-refractivity contribution is 9.10. The summed E-state index contributed by atoms with van der Waals surface area (Å²) in [4.78, 5) is 17.0. The molecule has 1 aromatic heterocycles. The molecular weight excluding hydrogens is 290 g/mol. The number of halogens is 4. The standard InChI is InChI=1S/C5H2BrCl3N2O/c6-2-1-10-4(5(7,8)9)11-3(2)12/h1H,(H,10,11,12). The van der Waals surface area contributed by atoms with Gasteiger partial charge >= 0.3 is 0 Å². The van der Waals surface area contributed by atoms with Gasteiger partial charge in [0.05, 0.1) is 0 Å². The summed E-state index contributed by atoms with van der Waals surface area (Å²) in [6, 6.07) is 0. The van der Waals surface area contributed by atoms with E-state index in [-0.39, 0.29) is 11.4 Å². The number of rotatable bonds is 0. The Bertz CT molecular complexity index is 345. The molecule has 0 spiro atoms. The van der Waals surface area contributed by atoms with E-state index in [2.05, 4.69) is 25.9 Å². The second-order valence-corrected chi connectivity index (χ2v) is 5.04. The van der Waals surface area contributed by atoms with E-state index in [0.717, 1.165) is 0 Å². The molecule has 7 heteroatoms. The zero-order chi connectivity index (χ0) is 9.35. The van der Waals surface area contributed by atoms with Crippen LogP contribution in [0.2, 0.25) is 0 Å². The average molecular weight is 292 g/mol. The third-order valence-electron chi connectivity index (χ3n) is 1.02. The summed E-state index contributed by atoms with van der Waals surface area (Å²) in [6.45, 7) is 0. The molecule has 3 nitrogen and oxygen atoms in total. The summed E-state index contributed by atoms with van der Waals surface area (Å²) in [5, 5.41) is 0. The van der Waals surface area contributed by atoms with Crippen molar-refractivity contribution < 1.29 is 0 Å². The summed E-state index contributed by atoms with van der Waals surface area (Å²) < 4.78 is -1.40. The molecule has 0 bridgehead atoms. The molecule has 1 rings (SSSR count). The minimum absolute atomic E-state index is 0.000648. The van der Waals surface area contributed by atoms with Gasteiger partial charge in [0.15, 0.2) is 5.82 Å². The molecule has 0 radical (unpaired) electrons. The fourth-order valence-corrected chi connectivity index (χ4v) is 1.01. The van der Waals surface area contributed by atoms with Crippen molar-refractivity contribution in [1.82, 2.24) is 9.97 Å². The largest absolute Gasteiger partial charge is 0.306 e. The van der Waals surface area contributed by atoms with E-state index in [4.69, 9.17) is 34.8 Å². The van der Waals surface area contributed by atoms with Crippen molar-refractivity contribution in [2.75, 3.05) is 0 Å². The lowest BCUT2D eigenvalue weighted by molar-refractivity contribution is 0.937. The Kier molecular flexibility index (Phi) is 3.04. The lowest BCUT2D eigenvalue weighted by Gasteiger charge is -2.08. The van der Waals surface area contributed by atoms with Crippen molar-refractivity contribution >= 4 is 50.7 Å². The quantitative estimate of drug-likeness (QED) is 0.746. The average Bonchev–Trinajstić information content (AvgIpc) is 1.92. The van der Waals surface area contributed by atoms with E-state index in [0.29, 0.717) is 4.47 Å². The number of aromatic amines is 1. The molecular formula is C5H2BrCl3N2O. The fourth-order valence-electron chi connectivity index (χ4n) is 0.523. The molecule has 0 fully saturated rings. The zero-order valence-corrected chi connectivity index (χ0v) is 9.30. The summed E-state index contributed by atoms with van der Waals surface area (Å²) in [6.07, 6.45) is 1.27. The fraction of sp³-hybridized carbons (Fsp3) is 0.200. The van der Waals surface area contributed by atoms with Gasteiger partial charge in [-0.3, -0.25) is 4.79 Å². The van der Waals surface area contributed by atoms with E-state index in [1.807, 2.05) is 0 Å². The second kappa shape index (κ2) is 3.54.